The number of fused-ring (bicyclic) bond motifs is 2. The van der Waals surface area contributed by atoms with Gasteiger partial charge >= 0.3 is 0 Å². The minimum Gasteiger partial charge on any atom is -0.382 e. The number of aromatic amines is 1. The maximum atomic E-state index is 12.3. The molecule has 0 bridgehead atoms. The predicted molar refractivity (Wildman–Crippen MR) is 101 cm³/mol. The van der Waals surface area contributed by atoms with E-state index in [1.807, 2.05) is 55.5 Å². The molecule has 4 aromatic rings. The zero-order valence-electron chi connectivity index (χ0n) is 13.8. The lowest BCUT2D eigenvalue weighted by Crippen LogP contribution is -2.22. The Morgan fingerprint density at radius 2 is 2.00 bits per heavy atom. The maximum Gasteiger partial charge on any atom is 0.251 e. The molecule has 0 saturated heterocycles. The van der Waals surface area contributed by atoms with E-state index in [2.05, 4.69) is 21.6 Å². The summed E-state index contributed by atoms with van der Waals surface area (Å²) >= 11 is 0. The van der Waals surface area contributed by atoms with Gasteiger partial charge in [0.05, 0.1) is 10.9 Å². The lowest BCUT2D eigenvalue weighted by Gasteiger charge is -2.09. The van der Waals surface area contributed by atoms with E-state index < -0.39 is 0 Å². The summed E-state index contributed by atoms with van der Waals surface area (Å²) in [5, 5.41) is 12.8. The molecule has 5 heteroatoms. The third-order valence-electron chi connectivity index (χ3n) is 4.39. The molecule has 1 amide bonds. The molecule has 0 aliphatic rings. The van der Waals surface area contributed by atoms with Crippen molar-refractivity contribution in [2.24, 2.45) is 0 Å². The number of nitrogens with one attached hydrogen (secondary N) is 2. The fourth-order valence-corrected chi connectivity index (χ4v) is 3.24. The number of anilines is 1. The Kier molecular flexibility index (Phi) is 3.61. The highest BCUT2D eigenvalue weighted by Gasteiger charge is 2.12. The Balaban J connectivity index is 1.90. The zero-order valence-corrected chi connectivity index (χ0v) is 13.8. The number of hydrogen-bond donors (Lipinski definition) is 3. The molecule has 1 aromatic heterocycles. The van der Waals surface area contributed by atoms with Crippen LogP contribution in [0.5, 0.6) is 0 Å². The molecule has 1 heterocycles. The number of nitrogens with two attached hydrogens (primary N) is 1. The highest BCUT2D eigenvalue weighted by molar-refractivity contribution is 6.09. The molecule has 0 fully saturated rings. The van der Waals surface area contributed by atoms with Gasteiger partial charge in [-0.2, -0.15) is 5.10 Å². The minimum atomic E-state index is -0.0537. The van der Waals surface area contributed by atoms with Crippen LogP contribution in [0, 0.1) is 0 Å². The summed E-state index contributed by atoms with van der Waals surface area (Å²) in [5.74, 6) is 0.434. The molecular weight excluding hydrogens is 312 g/mol. The van der Waals surface area contributed by atoms with Gasteiger partial charge in [-0.1, -0.05) is 36.4 Å². The second-order valence-corrected chi connectivity index (χ2v) is 5.94. The number of carbonyl (C=O) groups excluding carboxylic acids is 1. The van der Waals surface area contributed by atoms with Crippen LogP contribution in [0.3, 0.4) is 0 Å². The number of nitrogen functional groups attached to an aromatic ring is 1. The van der Waals surface area contributed by atoms with E-state index in [4.69, 9.17) is 5.73 Å². The van der Waals surface area contributed by atoms with Crippen LogP contribution >= 0.6 is 0 Å². The topological polar surface area (TPSA) is 83.8 Å². The SMILES string of the molecule is CCNC(=O)c1cccc2cc(-c3cccc4[nH]nc(N)c34)ccc12. The minimum absolute atomic E-state index is 0.0537. The van der Waals surface area contributed by atoms with Crippen LogP contribution in [0.2, 0.25) is 0 Å². The van der Waals surface area contributed by atoms with E-state index in [-0.39, 0.29) is 5.91 Å². The summed E-state index contributed by atoms with van der Waals surface area (Å²) in [6.45, 7) is 2.52. The van der Waals surface area contributed by atoms with E-state index in [1.165, 1.54) is 0 Å². The number of rotatable bonds is 3. The molecule has 124 valence electrons. The Morgan fingerprint density at radius 3 is 2.84 bits per heavy atom. The van der Waals surface area contributed by atoms with Gasteiger partial charge in [0, 0.05) is 12.1 Å². The average Bonchev–Trinajstić information content (AvgIpc) is 3.02. The Hall–Kier alpha value is -3.34. The lowest BCUT2D eigenvalue weighted by atomic mass is 9.96. The number of aromatic nitrogens is 2. The quantitative estimate of drug-likeness (QED) is 0.535. The molecule has 3 aromatic carbocycles. The van der Waals surface area contributed by atoms with Gasteiger partial charge in [-0.25, -0.2) is 0 Å². The third kappa shape index (κ3) is 2.50. The molecule has 4 N–H and O–H groups in total. The Bertz CT molecular complexity index is 1100. The third-order valence-corrected chi connectivity index (χ3v) is 4.39. The van der Waals surface area contributed by atoms with Crippen molar-refractivity contribution in [2.75, 3.05) is 12.3 Å². The smallest absolute Gasteiger partial charge is 0.251 e. The van der Waals surface area contributed by atoms with Crippen LogP contribution in [0.4, 0.5) is 5.82 Å². The highest BCUT2D eigenvalue weighted by atomic mass is 16.1. The van der Waals surface area contributed by atoms with Crippen molar-refractivity contribution in [1.29, 1.82) is 0 Å². The fraction of sp³-hybridized carbons (Fsp3) is 0.100. The summed E-state index contributed by atoms with van der Waals surface area (Å²) in [4.78, 5) is 12.3. The number of amides is 1. The summed E-state index contributed by atoms with van der Waals surface area (Å²) < 4.78 is 0. The standard InChI is InChI=1S/C20H18N4O/c1-2-22-20(25)16-7-3-5-12-11-13(9-10-14(12)16)15-6-4-8-17-18(15)19(21)24-23-17/h3-11H,2H2,1H3,(H,22,25)(H3,21,23,24). The van der Waals surface area contributed by atoms with E-state index in [0.29, 0.717) is 17.9 Å². The molecule has 0 aliphatic carbocycles. The normalized spacial score (nSPS) is 11.1. The first-order valence-electron chi connectivity index (χ1n) is 8.23. The van der Waals surface area contributed by atoms with E-state index in [1.54, 1.807) is 0 Å². The van der Waals surface area contributed by atoms with Crippen molar-refractivity contribution < 1.29 is 4.79 Å². The van der Waals surface area contributed by atoms with Crippen molar-refractivity contribution >= 4 is 33.4 Å². The fourth-order valence-electron chi connectivity index (χ4n) is 3.24. The average molecular weight is 330 g/mol. The number of H-pyrrole nitrogens is 1. The van der Waals surface area contributed by atoms with E-state index >= 15 is 0 Å². The van der Waals surface area contributed by atoms with Crippen LogP contribution < -0.4 is 11.1 Å². The van der Waals surface area contributed by atoms with Gasteiger partial charge in [0.15, 0.2) is 5.82 Å². The zero-order chi connectivity index (χ0) is 17.4. The monoisotopic (exact) mass is 330 g/mol. The van der Waals surface area contributed by atoms with Crippen LogP contribution in [0.25, 0.3) is 32.8 Å². The Labute approximate surface area is 144 Å². The molecule has 0 spiro atoms. The van der Waals surface area contributed by atoms with E-state index in [0.717, 1.165) is 32.8 Å². The van der Waals surface area contributed by atoms with Gasteiger partial charge in [-0.15, -0.1) is 0 Å². The number of carbonyl (C=O) groups is 1. The summed E-state index contributed by atoms with van der Waals surface area (Å²) in [6, 6.07) is 17.8. The highest BCUT2D eigenvalue weighted by Crippen LogP contribution is 2.33. The lowest BCUT2D eigenvalue weighted by molar-refractivity contribution is 0.0957. The second kappa shape index (κ2) is 5.94. The first kappa shape index (κ1) is 15.2. The van der Waals surface area contributed by atoms with Crippen molar-refractivity contribution in [1.82, 2.24) is 15.5 Å². The van der Waals surface area contributed by atoms with Crippen molar-refractivity contribution in [3.63, 3.8) is 0 Å². The summed E-state index contributed by atoms with van der Waals surface area (Å²) in [7, 11) is 0. The number of nitrogens with zero attached hydrogens (tertiary/aromatic N) is 1. The second-order valence-electron chi connectivity index (χ2n) is 5.94. The van der Waals surface area contributed by atoms with Crippen molar-refractivity contribution in [3.05, 3.63) is 60.2 Å². The number of hydrogen-bond acceptors (Lipinski definition) is 3. The summed E-state index contributed by atoms with van der Waals surface area (Å²) in [5.41, 5.74) is 9.69. The van der Waals surface area contributed by atoms with E-state index in [9.17, 15) is 4.79 Å². The van der Waals surface area contributed by atoms with Crippen LogP contribution in [0.1, 0.15) is 17.3 Å². The molecular formula is C20H18N4O. The van der Waals surface area contributed by atoms with Gasteiger partial charge in [-0.05, 0) is 47.0 Å². The Morgan fingerprint density at radius 1 is 1.16 bits per heavy atom. The largest absolute Gasteiger partial charge is 0.382 e. The van der Waals surface area contributed by atoms with Crippen LogP contribution in [-0.2, 0) is 0 Å². The summed E-state index contributed by atoms with van der Waals surface area (Å²) in [6.07, 6.45) is 0. The molecule has 0 atom stereocenters. The van der Waals surface area contributed by atoms with Gasteiger partial charge in [0.2, 0.25) is 0 Å². The number of benzene rings is 3. The van der Waals surface area contributed by atoms with Gasteiger partial charge in [0.1, 0.15) is 0 Å². The maximum absolute atomic E-state index is 12.3. The molecule has 5 nitrogen and oxygen atoms in total. The molecule has 25 heavy (non-hydrogen) atoms. The van der Waals surface area contributed by atoms with Crippen molar-refractivity contribution in [3.8, 4) is 11.1 Å². The van der Waals surface area contributed by atoms with Gasteiger partial charge < -0.3 is 11.1 Å². The van der Waals surface area contributed by atoms with Gasteiger partial charge in [0.25, 0.3) is 5.91 Å². The van der Waals surface area contributed by atoms with Crippen molar-refractivity contribution in [2.45, 2.75) is 6.92 Å². The van der Waals surface area contributed by atoms with Gasteiger partial charge in [-0.3, -0.25) is 9.89 Å². The molecule has 0 saturated carbocycles. The predicted octanol–water partition coefficient (Wildman–Crippen LogP) is 3.72. The van der Waals surface area contributed by atoms with Crippen LogP contribution in [0.15, 0.2) is 54.6 Å². The molecule has 0 unspecified atom stereocenters. The first-order chi connectivity index (χ1) is 12.2. The molecule has 0 radical (unpaired) electrons. The molecule has 0 aliphatic heterocycles. The van der Waals surface area contributed by atoms with Crippen LogP contribution in [-0.4, -0.2) is 22.6 Å². The first-order valence-corrected chi connectivity index (χ1v) is 8.23. The molecule has 4 rings (SSSR count).